The van der Waals surface area contributed by atoms with Crippen LogP contribution in [0, 0.1) is 0 Å². The zero-order valence-corrected chi connectivity index (χ0v) is 12.7. The summed E-state index contributed by atoms with van der Waals surface area (Å²) in [5.74, 6) is -5.82. The minimum Gasteiger partial charge on any atom is -0.461 e. The van der Waals surface area contributed by atoms with E-state index in [2.05, 4.69) is 4.74 Å². The van der Waals surface area contributed by atoms with Gasteiger partial charge in [0.1, 0.15) is 0 Å². The molecule has 0 aliphatic carbocycles. The van der Waals surface area contributed by atoms with Gasteiger partial charge in [0.25, 0.3) is 0 Å². The van der Waals surface area contributed by atoms with Crippen LogP contribution >= 0.6 is 0 Å². The molecule has 0 bridgehead atoms. The summed E-state index contributed by atoms with van der Waals surface area (Å²) in [5, 5.41) is 10.8. The number of hydrogen-bond acceptors (Lipinski definition) is 3. The van der Waals surface area contributed by atoms with E-state index >= 15 is 0 Å². The molecule has 2 aromatic carbocycles. The second-order valence-electron chi connectivity index (χ2n) is 5.18. The summed E-state index contributed by atoms with van der Waals surface area (Å²) in [4.78, 5) is 11.7. The lowest BCUT2D eigenvalue weighted by molar-refractivity contribution is -0.217. The van der Waals surface area contributed by atoms with E-state index in [1.165, 1.54) is 31.2 Å². The number of benzene rings is 2. The molecule has 0 heterocycles. The van der Waals surface area contributed by atoms with Gasteiger partial charge in [-0.2, -0.15) is 8.78 Å². The molecule has 0 spiro atoms. The van der Waals surface area contributed by atoms with Gasteiger partial charge >= 0.3 is 11.9 Å². The predicted octanol–water partition coefficient (Wildman–Crippen LogP) is 3.32. The van der Waals surface area contributed by atoms with E-state index in [0.29, 0.717) is 5.56 Å². The third-order valence-electron chi connectivity index (χ3n) is 3.61. The Morgan fingerprint density at radius 1 is 1.04 bits per heavy atom. The molecule has 3 nitrogen and oxygen atoms in total. The highest BCUT2D eigenvalue weighted by Gasteiger charge is 2.60. The first-order chi connectivity index (χ1) is 10.9. The van der Waals surface area contributed by atoms with Crippen LogP contribution < -0.4 is 0 Å². The van der Waals surface area contributed by atoms with Crippen LogP contribution in [0.25, 0.3) is 0 Å². The number of carbonyl (C=O) groups excluding carboxylic acids is 1. The highest BCUT2D eigenvalue weighted by atomic mass is 19.3. The number of ether oxygens (including phenoxy) is 1. The quantitative estimate of drug-likeness (QED) is 0.831. The second-order valence-corrected chi connectivity index (χ2v) is 5.18. The van der Waals surface area contributed by atoms with Crippen LogP contribution in [0.5, 0.6) is 0 Å². The van der Waals surface area contributed by atoms with Crippen molar-refractivity contribution >= 4 is 5.97 Å². The Hall–Kier alpha value is -2.27. The van der Waals surface area contributed by atoms with E-state index in [-0.39, 0.29) is 12.2 Å². The molecule has 1 N–H and O–H groups in total. The van der Waals surface area contributed by atoms with Crippen molar-refractivity contribution in [3.8, 4) is 0 Å². The number of halogens is 2. The van der Waals surface area contributed by atoms with Crippen LogP contribution in [0.2, 0.25) is 0 Å². The standard InChI is InChI=1S/C18H18F2O3/c1-2-23-16(21)18(19,20)17(22,15-11-7-4-8-12-15)13-14-9-5-3-6-10-14/h3-12,22H,2,13H2,1H3. The highest BCUT2D eigenvalue weighted by molar-refractivity contribution is 5.79. The number of aliphatic hydroxyl groups is 1. The maximum atomic E-state index is 14.7. The van der Waals surface area contributed by atoms with Crippen molar-refractivity contribution in [2.75, 3.05) is 6.61 Å². The van der Waals surface area contributed by atoms with Crippen LogP contribution in [0.1, 0.15) is 18.1 Å². The van der Waals surface area contributed by atoms with Gasteiger partial charge in [0.05, 0.1) is 6.61 Å². The average Bonchev–Trinajstić information content (AvgIpc) is 2.56. The van der Waals surface area contributed by atoms with Crippen LogP contribution in [0.15, 0.2) is 60.7 Å². The Morgan fingerprint density at radius 2 is 1.57 bits per heavy atom. The molecule has 0 aliphatic heterocycles. The maximum Gasteiger partial charge on any atom is 0.380 e. The highest BCUT2D eigenvalue weighted by Crippen LogP contribution is 2.41. The number of esters is 1. The molecular formula is C18H18F2O3. The second kappa shape index (κ2) is 6.87. The van der Waals surface area contributed by atoms with Crippen LogP contribution in [-0.2, 0) is 21.6 Å². The van der Waals surface area contributed by atoms with Crippen LogP contribution in [-0.4, -0.2) is 23.6 Å². The zero-order valence-electron chi connectivity index (χ0n) is 12.7. The van der Waals surface area contributed by atoms with Crippen LogP contribution in [0.3, 0.4) is 0 Å². The monoisotopic (exact) mass is 320 g/mol. The summed E-state index contributed by atoms with van der Waals surface area (Å²) in [6.07, 6.45) is -0.413. The van der Waals surface area contributed by atoms with Gasteiger partial charge in [-0.15, -0.1) is 0 Å². The van der Waals surface area contributed by atoms with Gasteiger partial charge in [-0.1, -0.05) is 60.7 Å². The molecule has 5 heteroatoms. The molecule has 0 aliphatic rings. The number of alkyl halides is 2. The van der Waals surface area contributed by atoms with Gasteiger partial charge in [-0.25, -0.2) is 4.79 Å². The van der Waals surface area contributed by atoms with Gasteiger partial charge in [-0.05, 0) is 18.1 Å². The zero-order chi connectivity index (χ0) is 16.9. The summed E-state index contributed by atoms with van der Waals surface area (Å²) in [6.45, 7) is 1.25. The Labute approximate surface area is 133 Å². The first-order valence-corrected chi connectivity index (χ1v) is 7.28. The third kappa shape index (κ3) is 3.40. The lowest BCUT2D eigenvalue weighted by atomic mass is 9.81. The van der Waals surface area contributed by atoms with Gasteiger partial charge in [0, 0.05) is 6.42 Å². The Morgan fingerprint density at radius 3 is 2.09 bits per heavy atom. The molecular weight excluding hydrogens is 302 g/mol. The molecule has 2 aromatic rings. The SMILES string of the molecule is CCOC(=O)C(F)(F)C(O)(Cc1ccccc1)c1ccccc1. The van der Waals surface area contributed by atoms with Gasteiger partial charge < -0.3 is 9.84 Å². The molecule has 0 aromatic heterocycles. The minimum absolute atomic E-state index is 0.0399. The van der Waals surface area contributed by atoms with Gasteiger partial charge in [0.2, 0.25) is 0 Å². The summed E-state index contributed by atoms with van der Waals surface area (Å²) in [5.41, 5.74) is -2.24. The van der Waals surface area contributed by atoms with Crippen molar-refractivity contribution in [2.24, 2.45) is 0 Å². The molecule has 122 valence electrons. The number of rotatable bonds is 6. The molecule has 0 fully saturated rings. The van der Waals surface area contributed by atoms with Gasteiger partial charge in [-0.3, -0.25) is 0 Å². The van der Waals surface area contributed by atoms with Crippen molar-refractivity contribution in [3.63, 3.8) is 0 Å². The Bertz CT molecular complexity index is 644. The van der Waals surface area contributed by atoms with E-state index in [4.69, 9.17) is 0 Å². The van der Waals surface area contributed by atoms with Crippen molar-refractivity contribution < 1.29 is 23.4 Å². The van der Waals surface area contributed by atoms with E-state index in [9.17, 15) is 18.7 Å². The fourth-order valence-corrected chi connectivity index (χ4v) is 2.39. The average molecular weight is 320 g/mol. The Balaban J connectivity index is 2.49. The van der Waals surface area contributed by atoms with E-state index in [1.807, 2.05) is 0 Å². The van der Waals surface area contributed by atoms with E-state index in [1.54, 1.807) is 36.4 Å². The predicted molar refractivity (Wildman–Crippen MR) is 82.1 cm³/mol. The molecule has 0 saturated heterocycles. The smallest absolute Gasteiger partial charge is 0.380 e. The molecule has 0 radical (unpaired) electrons. The fraction of sp³-hybridized carbons (Fsp3) is 0.278. The normalized spacial score (nSPS) is 14.1. The fourth-order valence-electron chi connectivity index (χ4n) is 2.39. The largest absolute Gasteiger partial charge is 0.461 e. The first kappa shape index (κ1) is 17.1. The van der Waals surface area contributed by atoms with Crippen molar-refractivity contribution in [3.05, 3.63) is 71.8 Å². The van der Waals surface area contributed by atoms with Crippen LogP contribution in [0.4, 0.5) is 8.78 Å². The van der Waals surface area contributed by atoms with Gasteiger partial charge in [0.15, 0.2) is 5.60 Å². The summed E-state index contributed by atoms with van der Waals surface area (Å²) >= 11 is 0. The molecule has 2 rings (SSSR count). The van der Waals surface area contributed by atoms with Crippen molar-refractivity contribution in [1.29, 1.82) is 0 Å². The number of hydrogen-bond donors (Lipinski definition) is 1. The summed E-state index contributed by atoms with van der Waals surface area (Å²) in [7, 11) is 0. The maximum absolute atomic E-state index is 14.7. The van der Waals surface area contributed by atoms with E-state index < -0.39 is 23.9 Å². The molecule has 23 heavy (non-hydrogen) atoms. The Kier molecular flexibility index (Phi) is 5.11. The minimum atomic E-state index is -4.08. The molecule has 0 saturated carbocycles. The van der Waals surface area contributed by atoms with E-state index in [0.717, 1.165) is 0 Å². The lowest BCUT2D eigenvalue weighted by Crippen LogP contribution is -2.53. The molecule has 1 atom stereocenters. The van der Waals surface area contributed by atoms with Crippen molar-refractivity contribution in [2.45, 2.75) is 24.9 Å². The third-order valence-corrected chi connectivity index (χ3v) is 3.61. The summed E-state index contributed by atoms with van der Waals surface area (Å²) in [6, 6.07) is 15.8. The first-order valence-electron chi connectivity index (χ1n) is 7.28. The topological polar surface area (TPSA) is 46.5 Å². The summed E-state index contributed by atoms with van der Waals surface area (Å²) < 4.78 is 33.9. The molecule has 1 unspecified atom stereocenters. The lowest BCUT2D eigenvalue weighted by Gasteiger charge is -2.34. The van der Waals surface area contributed by atoms with Crippen molar-refractivity contribution in [1.82, 2.24) is 0 Å². The number of carbonyl (C=O) groups is 1. The molecule has 0 amide bonds.